The molecule has 3 atom stereocenters. The number of allylic oxidation sites excluding steroid dienone is 7. The SMILES string of the molecule is CC/C=C/C=C/C=C\CCCCCCCC(=O)NC(COP(=O)([O-])OCC[N+](C)(C)C)C(/C=C\CCCCCCCCCCC)OC(=O)CCCCCCCCCCCCCCCCCCCCCCCCCCCCC. The van der Waals surface area contributed by atoms with Crippen molar-refractivity contribution in [1.29, 1.82) is 0 Å². The summed E-state index contributed by atoms with van der Waals surface area (Å²) in [5.41, 5.74) is 0. The molecule has 0 rings (SSSR count). The van der Waals surface area contributed by atoms with Crippen molar-refractivity contribution in [1.82, 2.24) is 5.32 Å². The molecule has 452 valence electrons. The van der Waals surface area contributed by atoms with E-state index in [1.807, 2.05) is 33.3 Å². The number of hydrogen-bond donors (Lipinski definition) is 1. The number of likely N-dealkylation sites (N-methyl/N-ethyl adjacent to an activating group) is 1. The number of carbonyl (C=O) groups excluding carboxylic acids is 2. The molecule has 9 nitrogen and oxygen atoms in total. The van der Waals surface area contributed by atoms with E-state index in [1.165, 1.54) is 199 Å². The zero-order chi connectivity index (χ0) is 56.4. The Labute approximate surface area is 478 Å². The molecule has 0 aromatic carbocycles. The number of carbonyl (C=O) groups is 2. The van der Waals surface area contributed by atoms with Gasteiger partial charge in [0.15, 0.2) is 0 Å². The van der Waals surface area contributed by atoms with Gasteiger partial charge < -0.3 is 28.5 Å². The van der Waals surface area contributed by atoms with Crippen LogP contribution >= 0.6 is 7.82 Å². The van der Waals surface area contributed by atoms with Crippen LogP contribution in [0.3, 0.4) is 0 Å². The number of unbranched alkanes of at least 4 members (excludes halogenated alkanes) is 40. The molecule has 0 saturated heterocycles. The summed E-state index contributed by atoms with van der Waals surface area (Å²) in [5, 5.41) is 3.02. The molecular weight excluding hydrogens is 976 g/mol. The van der Waals surface area contributed by atoms with E-state index >= 15 is 0 Å². The molecule has 0 spiro atoms. The van der Waals surface area contributed by atoms with Crippen LogP contribution in [0.2, 0.25) is 0 Å². The van der Waals surface area contributed by atoms with Gasteiger partial charge in [0.2, 0.25) is 5.91 Å². The minimum atomic E-state index is -4.70. The summed E-state index contributed by atoms with van der Waals surface area (Å²) in [6, 6.07) is -0.896. The molecule has 0 aliphatic rings. The van der Waals surface area contributed by atoms with Gasteiger partial charge in [0.1, 0.15) is 19.3 Å². The van der Waals surface area contributed by atoms with E-state index in [-0.39, 0.29) is 24.9 Å². The highest BCUT2D eigenvalue weighted by Crippen LogP contribution is 2.38. The van der Waals surface area contributed by atoms with E-state index in [0.717, 1.165) is 77.0 Å². The highest BCUT2D eigenvalue weighted by atomic mass is 31.2. The van der Waals surface area contributed by atoms with Crippen molar-refractivity contribution in [3.8, 4) is 0 Å². The van der Waals surface area contributed by atoms with Gasteiger partial charge in [-0.2, -0.15) is 0 Å². The first-order valence-corrected chi connectivity index (χ1v) is 34.4. The van der Waals surface area contributed by atoms with E-state index in [0.29, 0.717) is 23.9 Å². The van der Waals surface area contributed by atoms with Crippen molar-refractivity contribution in [2.24, 2.45) is 0 Å². The fourth-order valence-electron chi connectivity index (χ4n) is 9.76. The van der Waals surface area contributed by atoms with Crippen LogP contribution in [0.4, 0.5) is 0 Å². The van der Waals surface area contributed by atoms with Crippen molar-refractivity contribution in [3.63, 3.8) is 0 Å². The van der Waals surface area contributed by atoms with Gasteiger partial charge in [-0.25, -0.2) is 0 Å². The van der Waals surface area contributed by atoms with E-state index in [2.05, 4.69) is 62.5 Å². The third-order valence-corrected chi connectivity index (χ3v) is 15.8. The summed E-state index contributed by atoms with van der Waals surface area (Å²) in [6.07, 6.45) is 71.1. The molecule has 0 saturated carbocycles. The standard InChI is InChI=1S/C67H127N2O7P/c1-7-10-13-16-19-22-25-27-28-29-30-31-32-33-34-35-36-37-38-39-40-42-45-48-51-54-57-60-67(71)76-65(58-55-52-49-46-43-24-21-18-15-12-9-3)64(63-75-77(72,73)74-62-61-69(4,5)6)68-66(70)59-56-53-50-47-44-41-26-23-20-17-14-11-8-2/h11,14,17,20,23,26,55,58,64-65H,7-10,12-13,15-16,18-19,21-22,24-25,27-54,56-57,59-63H2,1-6H3,(H-,68,70,72,73)/b14-11+,20-17+,26-23-,58-55-. The molecule has 0 aromatic heterocycles. The van der Waals surface area contributed by atoms with E-state index in [1.54, 1.807) is 0 Å². The van der Waals surface area contributed by atoms with Crippen LogP contribution in [0.15, 0.2) is 48.6 Å². The van der Waals surface area contributed by atoms with Gasteiger partial charge in [-0.15, -0.1) is 0 Å². The number of rotatable bonds is 60. The number of nitrogens with one attached hydrogen (secondary N) is 1. The maximum atomic E-state index is 13.5. The number of amides is 1. The lowest BCUT2D eigenvalue weighted by Crippen LogP contribution is -2.47. The topological polar surface area (TPSA) is 114 Å². The number of esters is 1. The van der Waals surface area contributed by atoms with Gasteiger partial charge in [-0.1, -0.05) is 301 Å². The van der Waals surface area contributed by atoms with Gasteiger partial charge in [-0.05, 0) is 51.0 Å². The van der Waals surface area contributed by atoms with Crippen LogP contribution in [0.25, 0.3) is 0 Å². The maximum absolute atomic E-state index is 13.5. The Morgan fingerprint density at radius 1 is 0.468 bits per heavy atom. The first kappa shape index (κ1) is 75.0. The van der Waals surface area contributed by atoms with Crippen molar-refractivity contribution >= 4 is 19.7 Å². The Kier molecular flexibility index (Phi) is 55.7. The van der Waals surface area contributed by atoms with Crippen molar-refractivity contribution in [2.45, 2.75) is 328 Å². The molecule has 10 heteroatoms. The smallest absolute Gasteiger partial charge is 0.306 e. The fraction of sp³-hybridized carbons (Fsp3) is 0.851. The highest BCUT2D eigenvalue weighted by Gasteiger charge is 2.27. The number of nitrogens with zero attached hydrogens (tertiary/aromatic N) is 1. The predicted molar refractivity (Wildman–Crippen MR) is 330 cm³/mol. The lowest BCUT2D eigenvalue weighted by Gasteiger charge is -2.30. The normalized spacial score (nSPS) is 13.9. The average molecular weight is 1100 g/mol. The second kappa shape index (κ2) is 57.2. The monoisotopic (exact) mass is 1100 g/mol. The van der Waals surface area contributed by atoms with Gasteiger partial charge in [0, 0.05) is 12.8 Å². The third-order valence-electron chi connectivity index (χ3n) is 14.8. The molecule has 1 amide bonds. The van der Waals surface area contributed by atoms with Crippen LogP contribution in [-0.2, 0) is 27.9 Å². The lowest BCUT2D eigenvalue weighted by molar-refractivity contribution is -0.870. The second-order valence-electron chi connectivity index (χ2n) is 23.7. The maximum Gasteiger partial charge on any atom is 0.306 e. The number of ether oxygens (including phenoxy) is 1. The Bertz CT molecular complexity index is 1460. The van der Waals surface area contributed by atoms with Crippen molar-refractivity contribution < 1.29 is 37.3 Å². The van der Waals surface area contributed by atoms with Crippen LogP contribution in [0.1, 0.15) is 316 Å². The van der Waals surface area contributed by atoms with Gasteiger partial charge in [0.25, 0.3) is 7.82 Å². The molecule has 3 unspecified atom stereocenters. The van der Waals surface area contributed by atoms with Crippen LogP contribution in [0.5, 0.6) is 0 Å². The summed E-state index contributed by atoms with van der Waals surface area (Å²) in [4.78, 5) is 39.9. The zero-order valence-corrected chi connectivity index (χ0v) is 52.6. The quantitative estimate of drug-likeness (QED) is 0.0161. The fourth-order valence-corrected chi connectivity index (χ4v) is 10.5. The molecule has 77 heavy (non-hydrogen) atoms. The summed E-state index contributed by atoms with van der Waals surface area (Å²) in [7, 11) is 1.18. The van der Waals surface area contributed by atoms with Crippen LogP contribution in [0, 0.1) is 0 Å². The number of phosphoric ester groups is 1. The Morgan fingerprint density at radius 2 is 0.831 bits per heavy atom. The number of hydrogen-bond acceptors (Lipinski definition) is 7. The van der Waals surface area contributed by atoms with Crippen molar-refractivity contribution in [2.75, 3.05) is 40.9 Å². The minimum Gasteiger partial charge on any atom is -0.756 e. The second-order valence-corrected chi connectivity index (χ2v) is 25.1. The number of quaternary nitrogens is 1. The lowest BCUT2D eigenvalue weighted by atomic mass is 10.0. The largest absolute Gasteiger partial charge is 0.756 e. The summed E-state index contributed by atoms with van der Waals surface area (Å²) in [6.45, 7) is 6.72. The highest BCUT2D eigenvalue weighted by molar-refractivity contribution is 7.45. The van der Waals surface area contributed by atoms with Crippen LogP contribution in [-0.4, -0.2) is 69.4 Å². The molecule has 0 bridgehead atoms. The van der Waals surface area contributed by atoms with Crippen molar-refractivity contribution in [3.05, 3.63) is 48.6 Å². The van der Waals surface area contributed by atoms with Gasteiger partial charge in [-0.3, -0.25) is 14.2 Å². The molecular formula is C67H127N2O7P. The molecule has 0 aromatic rings. The first-order valence-electron chi connectivity index (χ1n) is 33.0. The van der Waals surface area contributed by atoms with Gasteiger partial charge in [0.05, 0.1) is 33.8 Å². The average Bonchev–Trinajstić information content (AvgIpc) is 3.39. The molecule has 1 N–H and O–H groups in total. The Balaban J connectivity index is 4.94. The zero-order valence-electron chi connectivity index (χ0n) is 51.7. The Morgan fingerprint density at radius 3 is 1.23 bits per heavy atom. The molecule has 0 radical (unpaired) electrons. The molecule has 0 fully saturated rings. The summed E-state index contributed by atoms with van der Waals surface area (Å²) < 4.78 is 30.3. The van der Waals surface area contributed by atoms with E-state index < -0.39 is 26.6 Å². The third kappa shape index (κ3) is 58.4. The number of phosphoric acid groups is 1. The molecule has 0 heterocycles. The first-order chi connectivity index (χ1) is 37.4. The summed E-state index contributed by atoms with van der Waals surface area (Å²) in [5.74, 6) is -0.554. The predicted octanol–water partition coefficient (Wildman–Crippen LogP) is 19.8. The van der Waals surface area contributed by atoms with E-state index in [9.17, 15) is 19.0 Å². The van der Waals surface area contributed by atoms with E-state index in [4.69, 9.17) is 13.8 Å². The Hall–Kier alpha value is -2.03. The molecule has 0 aliphatic heterocycles. The summed E-state index contributed by atoms with van der Waals surface area (Å²) >= 11 is 0. The van der Waals surface area contributed by atoms with Gasteiger partial charge >= 0.3 is 5.97 Å². The van der Waals surface area contributed by atoms with Crippen LogP contribution < -0.4 is 10.2 Å². The molecule has 0 aliphatic carbocycles. The minimum absolute atomic E-state index is 0.0258.